The third-order valence-corrected chi connectivity index (χ3v) is 2.24. The summed E-state index contributed by atoms with van der Waals surface area (Å²) in [4.78, 5) is 0. The number of rotatable bonds is 1. The monoisotopic (exact) mass is 223 g/mol. The molecule has 0 saturated carbocycles. The third-order valence-electron chi connectivity index (χ3n) is 1.55. The molecule has 2 nitrogen and oxygen atoms in total. The van der Waals surface area contributed by atoms with Crippen molar-refractivity contribution in [2.45, 2.75) is 0 Å². The summed E-state index contributed by atoms with van der Waals surface area (Å²) < 4.78 is 10.9. The summed E-state index contributed by atoms with van der Waals surface area (Å²) in [6, 6.07) is 7.81. The maximum Gasteiger partial charge on any atom is 0.657 e. The fraction of sp³-hybridized carbons (Fsp3) is 0. The quantitative estimate of drug-likeness (QED) is 0.681. The molecule has 1 heterocycles. The molecule has 1 radical (unpaired) electrons. The van der Waals surface area contributed by atoms with E-state index < -0.39 is 0 Å². The van der Waals surface area contributed by atoms with Crippen molar-refractivity contribution in [2.75, 3.05) is 0 Å². The van der Waals surface area contributed by atoms with Crippen LogP contribution in [0.5, 0.6) is 0 Å². The van der Waals surface area contributed by atoms with Gasteiger partial charge in [0.05, 0.1) is 0 Å². The van der Waals surface area contributed by atoms with Gasteiger partial charge in [-0.3, -0.25) is 0 Å². The van der Waals surface area contributed by atoms with Crippen molar-refractivity contribution in [3.8, 4) is 0 Å². The van der Waals surface area contributed by atoms with Crippen LogP contribution in [-0.4, -0.2) is 7.69 Å². The fourth-order valence-corrected chi connectivity index (χ4v) is 1.47. The first-order valence-corrected chi connectivity index (χ1v) is 4.26. The van der Waals surface area contributed by atoms with E-state index >= 15 is 0 Å². The molecule has 1 aromatic carbocycles. The molecule has 0 aliphatic carbocycles. The third kappa shape index (κ3) is 1.34. The molecule has 2 rings (SSSR count). The largest absolute Gasteiger partial charge is 0.657 e. The number of hydrogen-bond acceptors (Lipinski definition) is 2. The Hall–Kier alpha value is -0.895. The van der Waals surface area contributed by atoms with Crippen molar-refractivity contribution in [3.05, 3.63) is 40.6 Å². The number of halogens is 1. The molecule has 0 aromatic heterocycles. The average Bonchev–Trinajstić information content (AvgIpc) is 2.57. The number of hydrogen-bond donors (Lipinski definition) is 0. The van der Waals surface area contributed by atoms with Crippen molar-refractivity contribution >= 4 is 29.4 Å². The zero-order chi connectivity index (χ0) is 8.39. The summed E-state index contributed by atoms with van der Waals surface area (Å²) in [6.07, 6.45) is 1.57. The van der Waals surface area contributed by atoms with Crippen LogP contribution in [0, 0.1) is 0 Å². The van der Waals surface area contributed by atoms with Crippen LogP contribution in [0.15, 0.2) is 35.0 Å². The van der Waals surface area contributed by atoms with E-state index in [4.69, 9.17) is 9.31 Å². The molecule has 0 unspecified atom stereocenters. The minimum atomic E-state index is 0.725. The Kier molecular flexibility index (Phi) is 2.08. The predicted molar refractivity (Wildman–Crippen MR) is 50.0 cm³/mol. The van der Waals surface area contributed by atoms with Crippen molar-refractivity contribution in [1.82, 2.24) is 0 Å². The van der Waals surface area contributed by atoms with Gasteiger partial charge in [0, 0.05) is 10.0 Å². The molecule has 1 aliphatic rings. The van der Waals surface area contributed by atoms with Crippen molar-refractivity contribution < 1.29 is 9.31 Å². The van der Waals surface area contributed by atoms with Crippen molar-refractivity contribution in [3.63, 3.8) is 0 Å². The average molecular weight is 224 g/mol. The molecule has 0 N–H and O–H groups in total. The Morgan fingerprint density at radius 3 is 2.75 bits per heavy atom. The van der Waals surface area contributed by atoms with E-state index in [9.17, 15) is 0 Å². The van der Waals surface area contributed by atoms with E-state index in [0.29, 0.717) is 0 Å². The first kappa shape index (κ1) is 7.74. The molecule has 1 aromatic rings. The molecular formula is C8H5BBrO2. The molecule has 0 saturated heterocycles. The highest BCUT2D eigenvalue weighted by atomic mass is 79.9. The van der Waals surface area contributed by atoms with Gasteiger partial charge < -0.3 is 9.31 Å². The predicted octanol–water partition coefficient (Wildman–Crippen LogP) is 2.33. The molecule has 1 aliphatic heterocycles. The van der Waals surface area contributed by atoms with Gasteiger partial charge in [0.1, 0.15) is 12.0 Å². The van der Waals surface area contributed by atoms with Crippen LogP contribution in [0.4, 0.5) is 0 Å². The second-order valence-electron chi connectivity index (χ2n) is 2.31. The second kappa shape index (κ2) is 3.23. The first-order valence-electron chi connectivity index (χ1n) is 3.47. The molecular weight excluding hydrogens is 219 g/mol. The second-order valence-corrected chi connectivity index (χ2v) is 3.17. The highest BCUT2D eigenvalue weighted by molar-refractivity contribution is 9.10. The van der Waals surface area contributed by atoms with E-state index in [1.807, 2.05) is 24.3 Å². The van der Waals surface area contributed by atoms with E-state index in [-0.39, 0.29) is 0 Å². The van der Waals surface area contributed by atoms with Crippen LogP contribution < -0.4 is 0 Å². The number of benzene rings is 1. The van der Waals surface area contributed by atoms with Gasteiger partial charge in [-0.15, -0.1) is 0 Å². The molecule has 0 spiro atoms. The smallest absolute Gasteiger partial charge is 0.529 e. The summed E-state index contributed by atoms with van der Waals surface area (Å²) in [6.45, 7) is 0. The SMILES string of the molecule is Brc1ccccc1C1=CO[B]O1. The minimum absolute atomic E-state index is 0.725. The maximum atomic E-state index is 5.10. The van der Waals surface area contributed by atoms with E-state index in [1.54, 1.807) is 6.26 Å². The van der Waals surface area contributed by atoms with Crippen LogP contribution in [-0.2, 0) is 9.31 Å². The highest BCUT2D eigenvalue weighted by Crippen LogP contribution is 2.26. The molecule has 0 atom stereocenters. The molecule has 0 bridgehead atoms. The van der Waals surface area contributed by atoms with Gasteiger partial charge in [-0.1, -0.05) is 34.1 Å². The van der Waals surface area contributed by atoms with Gasteiger partial charge in [0.2, 0.25) is 0 Å². The lowest BCUT2D eigenvalue weighted by molar-refractivity contribution is 0.454. The van der Waals surface area contributed by atoms with Gasteiger partial charge in [0.25, 0.3) is 0 Å². The standard InChI is InChI=1S/C8H5BBrO2/c10-7-4-2-1-3-6(7)8-5-11-9-12-8/h1-5H. The van der Waals surface area contributed by atoms with Gasteiger partial charge in [-0.25, -0.2) is 0 Å². The topological polar surface area (TPSA) is 18.5 Å². The maximum absolute atomic E-state index is 5.10. The van der Waals surface area contributed by atoms with E-state index in [0.717, 1.165) is 15.8 Å². The van der Waals surface area contributed by atoms with Crippen LogP contribution in [0.3, 0.4) is 0 Å². The zero-order valence-electron chi connectivity index (χ0n) is 6.16. The Bertz CT molecular complexity index is 325. The summed E-state index contributed by atoms with van der Waals surface area (Å²) in [5.74, 6) is 0.725. The Morgan fingerprint density at radius 2 is 2.08 bits per heavy atom. The summed E-state index contributed by atoms with van der Waals surface area (Å²) in [7, 11) is 1.30. The normalized spacial score (nSPS) is 14.2. The lowest BCUT2D eigenvalue weighted by atomic mass is 10.2. The molecule has 0 amide bonds. The van der Waals surface area contributed by atoms with Gasteiger partial charge >= 0.3 is 7.69 Å². The lowest BCUT2D eigenvalue weighted by Crippen LogP contribution is -1.90. The fourth-order valence-electron chi connectivity index (χ4n) is 0.985. The van der Waals surface area contributed by atoms with Crippen LogP contribution in [0.1, 0.15) is 5.56 Å². The Balaban J connectivity index is 2.39. The summed E-state index contributed by atoms with van der Waals surface area (Å²) in [5, 5.41) is 0. The van der Waals surface area contributed by atoms with Crippen LogP contribution >= 0.6 is 15.9 Å². The molecule has 4 heteroatoms. The van der Waals surface area contributed by atoms with Gasteiger partial charge in [-0.05, 0) is 6.07 Å². The van der Waals surface area contributed by atoms with Crippen LogP contribution in [0.2, 0.25) is 0 Å². The van der Waals surface area contributed by atoms with Crippen LogP contribution in [0.25, 0.3) is 5.76 Å². The lowest BCUT2D eigenvalue weighted by Gasteiger charge is -2.02. The summed E-state index contributed by atoms with van der Waals surface area (Å²) in [5.41, 5.74) is 0.992. The summed E-state index contributed by atoms with van der Waals surface area (Å²) >= 11 is 3.42. The van der Waals surface area contributed by atoms with E-state index in [2.05, 4.69) is 15.9 Å². The molecule has 0 fully saturated rings. The van der Waals surface area contributed by atoms with Crippen molar-refractivity contribution in [2.24, 2.45) is 0 Å². The van der Waals surface area contributed by atoms with Crippen molar-refractivity contribution in [1.29, 1.82) is 0 Å². The van der Waals surface area contributed by atoms with E-state index in [1.165, 1.54) is 7.69 Å². The van der Waals surface area contributed by atoms with Gasteiger partial charge in [0.15, 0.2) is 0 Å². The molecule has 59 valence electrons. The Labute approximate surface area is 79.6 Å². The minimum Gasteiger partial charge on any atom is -0.529 e. The Morgan fingerprint density at radius 1 is 1.25 bits per heavy atom. The highest BCUT2D eigenvalue weighted by Gasteiger charge is 2.14. The zero-order valence-corrected chi connectivity index (χ0v) is 7.74. The molecule has 12 heavy (non-hydrogen) atoms. The first-order chi connectivity index (χ1) is 5.88. The van der Waals surface area contributed by atoms with Gasteiger partial charge in [-0.2, -0.15) is 0 Å².